The molecule has 0 fully saturated rings. The zero-order valence-electron chi connectivity index (χ0n) is 11.2. The molecule has 0 aliphatic carbocycles. The first-order valence-electron chi connectivity index (χ1n) is 6.16. The molecular weight excluding hydrogens is 246 g/mol. The van der Waals surface area contributed by atoms with Crippen molar-refractivity contribution in [3.05, 3.63) is 28.8 Å². The molecule has 0 aliphatic heterocycles. The van der Waals surface area contributed by atoms with Gasteiger partial charge in [0.05, 0.1) is 23.2 Å². The molecule has 0 radical (unpaired) electrons. The number of nitrogens with two attached hydrogens (primary N) is 1. The Morgan fingerprint density at radius 3 is 2.50 bits per heavy atom. The van der Waals surface area contributed by atoms with E-state index in [1.807, 2.05) is 25.1 Å². The lowest BCUT2D eigenvalue weighted by Crippen LogP contribution is -2.31. The second-order valence-corrected chi connectivity index (χ2v) is 5.10. The molecule has 0 aliphatic rings. The molecule has 0 unspecified atom stereocenters. The van der Waals surface area contributed by atoms with Gasteiger partial charge in [-0.2, -0.15) is 5.26 Å². The minimum Gasteiger partial charge on any atom is -0.367 e. The van der Waals surface area contributed by atoms with Crippen LogP contribution >= 0.6 is 11.6 Å². The Bertz CT molecular complexity index is 435. The van der Waals surface area contributed by atoms with E-state index in [0.717, 1.165) is 11.3 Å². The third-order valence-corrected chi connectivity index (χ3v) is 3.20. The van der Waals surface area contributed by atoms with E-state index in [-0.39, 0.29) is 6.04 Å². The number of nitriles is 1. The molecule has 1 aromatic carbocycles. The normalized spacial score (nSPS) is 12.3. The number of anilines is 1. The minimum atomic E-state index is -0.0249. The Kier molecular flexibility index (Phi) is 5.46. The first kappa shape index (κ1) is 14.8. The molecule has 1 aromatic rings. The number of rotatable bonds is 5. The predicted octanol–water partition coefficient (Wildman–Crippen LogP) is 3.49. The van der Waals surface area contributed by atoms with Gasteiger partial charge in [-0.3, -0.25) is 0 Å². The van der Waals surface area contributed by atoms with Crippen molar-refractivity contribution >= 4 is 17.3 Å². The van der Waals surface area contributed by atoms with Crippen molar-refractivity contribution in [3.8, 4) is 6.07 Å². The first-order valence-corrected chi connectivity index (χ1v) is 6.53. The van der Waals surface area contributed by atoms with Crippen LogP contribution in [0.25, 0.3) is 0 Å². The SMILES string of the molecule is CC(C)N(CCC#N)c1ccc([C@H](C)N)cc1Cl. The molecule has 2 N–H and O–H groups in total. The summed E-state index contributed by atoms with van der Waals surface area (Å²) in [5, 5.41) is 9.39. The summed E-state index contributed by atoms with van der Waals surface area (Å²) >= 11 is 6.31. The number of hydrogen-bond donors (Lipinski definition) is 1. The van der Waals surface area contributed by atoms with Gasteiger partial charge in [0.15, 0.2) is 0 Å². The highest BCUT2D eigenvalue weighted by Gasteiger charge is 2.14. The fourth-order valence-corrected chi connectivity index (χ4v) is 2.16. The van der Waals surface area contributed by atoms with Crippen LogP contribution < -0.4 is 10.6 Å². The van der Waals surface area contributed by atoms with E-state index < -0.39 is 0 Å². The first-order chi connectivity index (χ1) is 8.47. The Hall–Kier alpha value is -1.24. The summed E-state index contributed by atoms with van der Waals surface area (Å²) in [5.41, 5.74) is 7.82. The fraction of sp³-hybridized carbons (Fsp3) is 0.500. The summed E-state index contributed by atoms with van der Waals surface area (Å²) in [4.78, 5) is 2.14. The van der Waals surface area contributed by atoms with E-state index in [0.29, 0.717) is 24.0 Å². The van der Waals surface area contributed by atoms with Gasteiger partial charge in [0.1, 0.15) is 0 Å². The van der Waals surface area contributed by atoms with Crippen LogP contribution in [0.3, 0.4) is 0 Å². The topological polar surface area (TPSA) is 53.0 Å². The average Bonchev–Trinajstić information content (AvgIpc) is 2.30. The smallest absolute Gasteiger partial charge is 0.0642 e. The van der Waals surface area contributed by atoms with Gasteiger partial charge in [-0.1, -0.05) is 17.7 Å². The van der Waals surface area contributed by atoms with E-state index in [4.69, 9.17) is 22.6 Å². The van der Waals surface area contributed by atoms with Crippen molar-refractivity contribution in [3.63, 3.8) is 0 Å². The fourth-order valence-electron chi connectivity index (χ4n) is 1.87. The van der Waals surface area contributed by atoms with Crippen molar-refractivity contribution in [1.29, 1.82) is 5.26 Å². The molecular formula is C14H20ClN3. The van der Waals surface area contributed by atoms with Crippen LogP contribution in [0, 0.1) is 11.3 Å². The van der Waals surface area contributed by atoms with Gasteiger partial charge in [-0.25, -0.2) is 0 Å². The van der Waals surface area contributed by atoms with Gasteiger partial charge >= 0.3 is 0 Å². The van der Waals surface area contributed by atoms with Crippen molar-refractivity contribution < 1.29 is 0 Å². The van der Waals surface area contributed by atoms with Crippen LogP contribution in [0.2, 0.25) is 5.02 Å². The largest absolute Gasteiger partial charge is 0.367 e. The highest BCUT2D eigenvalue weighted by Crippen LogP contribution is 2.30. The number of benzene rings is 1. The lowest BCUT2D eigenvalue weighted by molar-refractivity contribution is 0.686. The summed E-state index contributed by atoms with van der Waals surface area (Å²) in [6.07, 6.45) is 0.490. The molecule has 1 rings (SSSR count). The summed E-state index contributed by atoms with van der Waals surface area (Å²) in [6.45, 7) is 6.80. The molecule has 0 bridgehead atoms. The highest BCUT2D eigenvalue weighted by atomic mass is 35.5. The van der Waals surface area contributed by atoms with Gasteiger partial charge < -0.3 is 10.6 Å². The second kappa shape index (κ2) is 6.63. The zero-order valence-corrected chi connectivity index (χ0v) is 11.9. The lowest BCUT2D eigenvalue weighted by atomic mass is 10.1. The molecule has 0 amide bonds. The van der Waals surface area contributed by atoms with Crippen molar-refractivity contribution in [2.75, 3.05) is 11.4 Å². The second-order valence-electron chi connectivity index (χ2n) is 4.69. The third-order valence-electron chi connectivity index (χ3n) is 2.89. The van der Waals surface area contributed by atoms with Gasteiger partial charge in [0.25, 0.3) is 0 Å². The Morgan fingerprint density at radius 2 is 2.06 bits per heavy atom. The molecule has 98 valence electrons. The Balaban J connectivity index is 3.02. The van der Waals surface area contributed by atoms with Gasteiger partial charge in [-0.05, 0) is 38.5 Å². The summed E-state index contributed by atoms with van der Waals surface area (Å²) < 4.78 is 0. The van der Waals surface area contributed by atoms with Crippen molar-refractivity contribution in [2.24, 2.45) is 5.73 Å². The summed E-state index contributed by atoms with van der Waals surface area (Å²) in [6, 6.07) is 8.33. The molecule has 3 nitrogen and oxygen atoms in total. The minimum absolute atomic E-state index is 0.0249. The molecule has 1 atom stereocenters. The van der Waals surface area contributed by atoms with Crippen LogP contribution in [-0.2, 0) is 0 Å². The average molecular weight is 266 g/mol. The van der Waals surface area contributed by atoms with Crippen molar-refractivity contribution in [1.82, 2.24) is 0 Å². The Labute approximate surface area is 114 Å². The van der Waals surface area contributed by atoms with E-state index in [2.05, 4.69) is 24.8 Å². The quantitative estimate of drug-likeness (QED) is 0.887. The maximum absolute atomic E-state index is 8.70. The molecule has 0 saturated carbocycles. The zero-order chi connectivity index (χ0) is 13.7. The summed E-state index contributed by atoms with van der Waals surface area (Å²) in [5.74, 6) is 0. The van der Waals surface area contributed by atoms with Crippen LogP contribution in [0.1, 0.15) is 38.8 Å². The molecule has 0 aromatic heterocycles. The summed E-state index contributed by atoms with van der Waals surface area (Å²) in [7, 11) is 0. The van der Waals surface area contributed by atoms with E-state index in [9.17, 15) is 0 Å². The van der Waals surface area contributed by atoms with Crippen LogP contribution in [0.5, 0.6) is 0 Å². The molecule has 0 spiro atoms. The van der Waals surface area contributed by atoms with Crippen LogP contribution in [0.15, 0.2) is 18.2 Å². The van der Waals surface area contributed by atoms with Gasteiger partial charge in [0, 0.05) is 18.6 Å². The molecule has 0 heterocycles. The monoisotopic (exact) mass is 265 g/mol. The predicted molar refractivity (Wildman–Crippen MR) is 76.8 cm³/mol. The van der Waals surface area contributed by atoms with E-state index in [1.165, 1.54) is 0 Å². The third kappa shape index (κ3) is 3.63. The van der Waals surface area contributed by atoms with Gasteiger partial charge in [-0.15, -0.1) is 0 Å². The van der Waals surface area contributed by atoms with Crippen LogP contribution in [-0.4, -0.2) is 12.6 Å². The molecule has 0 saturated heterocycles. The molecule has 4 heteroatoms. The Morgan fingerprint density at radius 1 is 1.39 bits per heavy atom. The number of halogens is 1. The maximum Gasteiger partial charge on any atom is 0.0642 e. The molecule has 18 heavy (non-hydrogen) atoms. The highest BCUT2D eigenvalue weighted by molar-refractivity contribution is 6.33. The van der Waals surface area contributed by atoms with E-state index in [1.54, 1.807) is 0 Å². The number of hydrogen-bond acceptors (Lipinski definition) is 3. The maximum atomic E-state index is 8.70. The van der Waals surface area contributed by atoms with Crippen LogP contribution in [0.4, 0.5) is 5.69 Å². The number of nitrogens with zero attached hydrogens (tertiary/aromatic N) is 2. The van der Waals surface area contributed by atoms with Gasteiger partial charge in [0.2, 0.25) is 0 Å². The van der Waals surface area contributed by atoms with Crippen molar-refractivity contribution in [2.45, 2.75) is 39.3 Å². The lowest BCUT2D eigenvalue weighted by Gasteiger charge is -2.29. The van der Waals surface area contributed by atoms with E-state index >= 15 is 0 Å². The standard InChI is InChI=1S/C14H20ClN3/c1-10(2)18(8-4-7-16)14-6-5-12(11(3)17)9-13(14)15/h5-6,9-11H,4,8,17H2,1-3H3/t11-/m0/s1.